The lowest BCUT2D eigenvalue weighted by Crippen LogP contribution is -2.54. The zero-order valence-corrected chi connectivity index (χ0v) is 18.2. The van der Waals surface area contributed by atoms with Gasteiger partial charge in [0.05, 0.1) is 18.5 Å². The van der Waals surface area contributed by atoms with Crippen molar-refractivity contribution in [1.82, 2.24) is 9.97 Å². The minimum atomic E-state index is -0.263. The van der Waals surface area contributed by atoms with Gasteiger partial charge in [0.2, 0.25) is 11.9 Å². The topological polar surface area (TPSA) is 87.7 Å². The Balaban J connectivity index is 2.00. The summed E-state index contributed by atoms with van der Waals surface area (Å²) in [5.41, 5.74) is 1.90. The molecule has 8 heteroatoms. The number of ether oxygens (including phenoxy) is 1. The van der Waals surface area contributed by atoms with Crippen LogP contribution in [0.15, 0.2) is 24.4 Å². The standard InChI is InChI=1S/C22H29N5O3/c1-6-10-30-19-11-15(13-28)8-9-16(19)24-22-23-12-18-20(25-22)27(14(3)4)17(7-2)21(29)26(18)5/h8-9,11-14,17H,6-7,10H2,1-5H3,(H,23,24,25)/t17-/m0/s1. The highest BCUT2D eigenvalue weighted by Crippen LogP contribution is 2.37. The Morgan fingerprint density at radius 2 is 2.07 bits per heavy atom. The number of hydrogen-bond acceptors (Lipinski definition) is 7. The lowest BCUT2D eigenvalue weighted by Gasteiger charge is -2.42. The Labute approximate surface area is 177 Å². The highest BCUT2D eigenvalue weighted by molar-refractivity contribution is 6.04. The molecule has 8 nitrogen and oxygen atoms in total. The highest BCUT2D eigenvalue weighted by Gasteiger charge is 2.38. The zero-order valence-electron chi connectivity index (χ0n) is 18.2. The molecule has 1 atom stereocenters. The average molecular weight is 412 g/mol. The Hall–Kier alpha value is -3.16. The Bertz CT molecular complexity index is 931. The van der Waals surface area contributed by atoms with Crippen LogP contribution in [0.5, 0.6) is 5.75 Å². The molecule has 1 amide bonds. The van der Waals surface area contributed by atoms with Crippen molar-refractivity contribution < 1.29 is 14.3 Å². The van der Waals surface area contributed by atoms with E-state index in [4.69, 9.17) is 9.72 Å². The fourth-order valence-electron chi connectivity index (χ4n) is 3.61. The minimum Gasteiger partial charge on any atom is -0.491 e. The molecule has 1 N–H and O–H groups in total. The van der Waals surface area contributed by atoms with E-state index >= 15 is 0 Å². The third kappa shape index (κ3) is 4.08. The SMILES string of the molecule is CCCOc1cc(C=O)ccc1Nc1ncc2c(n1)N(C(C)C)[C@@H](CC)C(=O)N2C. The fraction of sp³-hybridized carbons (Fsp3) is 0.455. The predicted octanol–water partition coefficient (Wildman–Crippen LogP) is 3.79. The van der Waals surface area contributed by atoms with Crippen LogP contribution in [-0.2, 0) is 4.79 Å². The molecule has 160 valence electrons. The molecule has 0 fully saturated rings. The van der Waals surface area contributed by atoms with Crippen molar-refractivity contribution in [3.8, 4) is 5.75 Å². The molecule has 2 aromatic rings. The second-order valence-electron chi connectivity index (χ2n) is 7.57. The van der Waals surface area contributed by atoms with Crippen LogP contribution in [0.1, 0.15) is 50.9 Å². The first-order valence-electron chi connectivity index (χ1n) is 10.3. The molecule has 0 radical (unpaired) electrons. The first-order chi connectivity index (χ1) is 14.4. The smallest absolute Gasteiger partial charge is 0.249 e. The molecular weight excluding hydrogens is 382 g/mol. The molecule has 0 saturated heterocycles. The van der Waals surface area contributed by atoms with Crippen LogP contribution in [0.3, 0.4) is 0 Å². The molecule has 3 rings (SSSR count). The lowest BCUT2D eigenvalue weighted by molar-refractivity contribution is -0.120. The van der Waals surface area contributed by atoms with Gasteiger partial charge in [-0.1, -0.05) is 13.8 Å². The van der Waals surface area contributed by atoms with E-state index < -0.39 is 0 Å². The molecule has 2 heterocycles. The number of carbonyl (C=O) groups excluding carboxylic acids is 2. The van der Waals surface area contributed by atoms with Crippen LogP contribution >= 0.6 is 0 Å². The van der Waals surface area contributed by atoms with E-state index in [0.29, 0.717) is 41.7 Å². The number of aromatic nitrogens is 2. The molecule has 0 unspecified atom stereocenters. The van der Waals surface area contributed by atoms with E-state index in [-0.39, 0.29) is 18.0 Å². The van der Waals surface area contributed by atoms with Gasteiger partial charge in [0.25, 0.3) is 0 Å². The van der Waals surface area contributed by atoms with E-state index in [1.54, 1.807) is 36.3 Å². The maximum absolute atomic E-state index is 12.8. The van der Waals surface area contributed by atoms with Crippen molar-refractivity contribution in [1.29, 1.82) is 0 Å². The van der Waals surface area contributed by atoms with Crippen molar-refractivity contribution in [2.75, 3.05) is 28.8 Å². The quantitative estimate of drug-likeness (QED) is 0.661. The maximum atomic E-state index is 12.8. The number of aldehydes is 1. The predicted molar refractivity (Wildman–Crippen MR) is 118 cm³/mol. The van der Waals surface area contributed by atoms with Gasteiger partial charge < -0.3 is 19.9 Å². The summed E-state index contributed by atoms with van der Waals surface area (Å²) in [6.07, 6.45) is 3.99. The average Bonchev–Trinajstić information content (AvgIpc) is 2.74. The largest absolute Gasteiger partial charge is 0.491 e. The number of anilines is 4. The Morgan fingerprint density at radius 1 is 1.30 bits per heavy atom. The summed E-state index contributed by atoms with van der Waals surface area (Å²) in [6, 6.07) is 5.03. The van der Waals surface area contributed by atoms with Gasteiger partial charge in [-0.15, -0.1) is 0 Å². The summed E-state index contributed by atoms with van der Waals surface area (Å²) in [6.45, 7) is 8.66. The number of nitrogens with zero attached hydrogens (tertiary/aromatic N) is 4. The minimum absolute atomic E-state index is 0.0442. The van der Waals surface area contributed by atoms with Gasteiger partial charge in [-0.25, -0.2) is 4.98 Å². The van der Waals surface area contributed by atoms with Gasteiger partial charge in [0.1, 0.15) is 23.8 Å². The Morgan fingerprint density at radius 3 is 2.70 bits per heavy atom. The van der Waals surface area contributed by atoms with Crippen LogP contribution < -0.4 is 19.9 Å². The molecule has 1 aromatic heterocycles. The number of nitrogens with one attached hydrogen (secondary N) is 1. The monoisotopic (exact) mass is 411 g/mol. The van der Waals surface area contributed by atoms with Gasteiger partial charge in [-0.3, -0.25) is 9.59 Å². The summed E-state index contributed by atoms with van der Waals surface area (Å²) >= 11 is 0. The van der Waals surface area contributed by atoms with Crippen molar-refractivity contribution in [3.63, 3.8) is 0 Å². The molecular formula is C22H29N5O3. The number of hydrogen-bond donors (Lipinski definition) is 1. The summed E-state index contributed by atoms with van der Waals surface area (Å²) in [4.78, 5) is 36.8. The summed E-state index contributed by atoms with van der Waals surface area (Å²) < 4.78 is 5.80. The van der Waals surface area contributed by atoms with Gasteiger partial charge >= 0.3 is 0 Å². The van der Waals surface area contributed by atoms with Crippen molar-refractivity contribution in [3.05, 3.63) is 30.0 Å². The van der Waals surface area contributed by atoms with E-state index in [0.717, 1.165) is 18.5 Å². The van der Waals surface area contributed by atoms with Crippen LogP contribution in [-0.4, -0.2) is 47.9 Å². The van der Waals surface area contributed by atoms with Crippen LogP contribution in [0, 0.1) is 0 Å². The van der Waals surface area contributed by atoms with Gasteiger partial charge in [-0.05, 0) is 44.9 Å². The normalized spacial score (nSPS) is 15.9. The third-order valence-electron chi connectivity index (χ3n) is 5.10. The summed E-state index contributed by atoms with van der Waals surface area (Å²) in [5, 5.41) is 3.21. The van der Waals surface area contributed by atoms with Crippen LogP contribution in [0.2, 0.25) is 0 Å². The molecule has 1 aromatic carbocycles. The van der Waals surface area contributed by atoms with Crippen LogP contribution in [0.25, 0.3) is 0 Å². The molecule has 0 saturated carbocycles. The third-order valence-corrected chi connectivity index (χ3v) is 5.10. The molecule has 1 aliphatic rings. The van der Waals surface area contributed by atoms with Gasteiger partial charge in [-0.2, -0.15) is 4.98 Å². The van der Waals surface area contributed by atoms with E-state index in [1.165, 1.54) is 0 Å². The van der Waals surface area contributed by atoms with E-state index in [2.05, 4.69) is 29.0 Å². The first kappa shape index (κ1) is 21.5. The van der Waals surface area contributed by atoms with Crippen LogP contribution in [0.4, 0.5) is 23.1 Å². The Kier molecular flexibility index (Phi) is 6.54. The molecule has 0 aliphatic carbocycles. The fourth-order valence-corrected chi connectivity index (χ4v) is 3.61. The lowest BCUT2D eigenvalue weighted by atomic mass is 10.1. The van der Waals surface area contributed by atoms with Gasteiger partial charge in [0.15, 0.2) is 5.82 Å². The summed E-state index contributed by atoms with van der Waals surface area (Å²) in [5.74, 6) is 1.74. The van der Waals surface area contributed by atoms with Crippen molar-refractivity contribution in [2.24, 2.45) is 0 Å². The first-order valence-corrected chi connectivity index (χ1v) is 10.3. The number of carbonyl (C=O) groups is 2. The highest BCUT2D eigenvalue weighted by atomic mass is 16.5. The second-order valence-corrected chi connectivity index (χ2v) is 7.57. The zero-order chi connectivity index (χ0) is 21.8. The number of fused-ring (bicyclic) bond motifs is 1. The summed E-state index contributed by atoms with van der Waals surface area (Å²) in [7, 11) is 1.76. The second kappa shape index (κ2) is 9.11. The van der Waals surface area contributed by atoms with E-state index in [9.17, 15) is 9.59 Å². The molecule has 0 bridgehead atoms. The van der Waals surface area contributed by atoms with E-state index in [1.807, 2.05) is 13.8 Å². The number of amides is 1. The molecule has 1 aliphatic heterocycles. The molecule has 0 spiro atoms. The molecule has 30 heavy (non-hydrogen) atoms. The van der Waals surface area contributed by atoms with Gasteiger partial charge in [0, 0.05) is 18.7 Å². The van der Waals surface area contributed by atoms with Crippen molar-refractivity contribution in [2.45, 2.75) is 52.6 Å². The van der Waals surface area contributed by atoms with Crippen molar-refractivity contribution >= 4 is 35.3 Å². The number of benzene rings is 1. The maximum Gasteiger partial charge on any atom is 0.249 e. The number of likely N-dealkylation sites (N-methyl/N-ethyl adjacent to an activating group) is 1. The number of rotatable bonds is 8.